The van der Waals surface area contributed by atoms with Crippen molar-refractivity contribution in [1.29, 1.82) is 0 Å². The molecule has 0 heterocycles. The normalized spacial score (nSPS) is 13.6. The van der Waals surface area contributed by atoms with Crippen LogP contribution in [0.2, 0.25) is 0 Å². The maximum absolute atomic E-state index is 13.6. The van der Waals surface area contributed by atoms with Crippen LogP contribution in [0.3, 0.4) is 0 Å². The smallest absolute Gasteiger partial charge is 0.200 e. The lowest BCUT2D eigenvalue weighted by Gasteiger charge is -2.33. The van der Waals surface area contributed by atoms with Gasteiger partial charge in [-0.05, 0) is 57.8 Å². The summed E-state index contributed by atoms with van der Waals surface area (Å²) in [5.74, 6) is -0.0326. The largest absolute Gasteiger partial charge is 0.606 e. The number of benzene rings is 2. The molecule has 2 N–H and O–H groups in total. The van der Waals surface area contributed by atoms with Crippen molar-refractivity contribution in [3.05, 3.63) is 47.5 Å². The first-order chi connectivity index (χ1) is 14.3. The molecule has 0 aliphatic carbocycles. The third-order valence-electron chi connectivity index (χ3n) is 5.83. The van der Waals surface area contributed by atoms with Crippen molar-refractivity contribution < 1.29 is 14.8 Å². The molecule has 0 radical (unpaired) electrons. The second kappa shape index (κ2) is 8.95. The summed E-state index contributed by atoms with van der Waals surface area (Å²) in [4.78, 5) is 0.677. The Morgan fingerprint density at radius 1 is 0.625 bits per heavy atom. The van der Waals surface area contributed by atoms with E-state index < -0.39 is 11.2 Å². The zero-order valence-electron chi connectivity index (χ0n) is 21.6. The highest BCUT2D eigenvalue weighted by molar-refractivity contribution is 7.91. The lowest BCUT2D eigenvalue weighted by atomic mass is 9.72. The maximum Gasteiger partial charge on any atom is 0.200 e. The van der Waals surface area contributed by atoms with E-state index in [2.05, 4.69) is 69.2 Å². The summed E-state index contributed by atoms with van der Waals surface area (Å²) in [6.45, 7) is 21.9. The number of phenols is 2. The number of phenolic OH excluding ortho intramolecular Hbond substituents is 2. The molecule has 0 unspecified atom stereocenters. The van der Waals surface area contributed by atoms with E-state index in [1.54, 1.807) is 12.1 Å². The zero-order valence-corrected chi connectivity index (χ0v) is 22.4. The molecule has 0 bridgehead atoms. The van der Waals surface area contributed by atoms with Crippen molar-refractivity contribution in [2.75, 3.05) is 0 Å². The molecule has 2 aromatic carbocycles. The Kier molecular flexibility index (Phi) is 7.44. The van der Waals surface area contributed by atoms with Crippen molar-refractivity contribution in [1.82, 2.24) is 0 Å². The maximum atomic E-state index is 13.6. The van der Waals surface area contributed by atoms with E-state index in [-0.39, 0.29) is 33.2 Å². The Balaban J connectivity index is 2.50. The van der Waals surface area contributed by atoms with E-state index in [1.807, 2.05) is 24.3 Å². The fraction of sp³-hybridized carbons (Fsp3) is 0.571. The van der Waals surface area contributed by atoms with Gasteiger partial charge in [0.15, 0.2) is 11.5 Å². The minimum Gasteiger partial charge on any atom is -0.606 e. The van der Waals surface area contributed by atoms with Gasteiger partial charge in [-0.25, -0.2) is 0 Å². The fourth-order valence-corrected chi connectivity index (χ4v) is 6.36. The van der Waals surface area contributed by atoms with Gasteiger partial charge in [0.2, 0.25) is 9.79 Å². The van der Waals surface area contributed by atoms with Gasteiger partial charge in [-0.3, -0.25) is 0 Å². The lowest BCUT2D eigenvalue weighted by Crippen LogP contribution is -2.25. The highest BCUT2D eigenvalue weighted by atomic mass is 32.2. The molecule has 0 fully saturated rings. The van der Waals surface area contributed by atoms with E-state index >= 15 is 0 Å². The summed E-state index contributed by atoms with van der Waals surface area (Å²) in [7, 11) is 0. The summed E-state index contributed by atoms with van der Waals surface area (Å²) < 4.78 is 13.6. The average molecular weight is 459 g/mol. The first-order valence-electron chi connectivity index (χ1n) is 11.4. The van der Waals surface area contributed by atoms with Gasteiger partial charge in [-0.1, -0.05) is 81.4 Å². The first kappa shape index (κ1) is 26.6. The Morgan fingerprint density at radius 3 is 1.22 bits per heavy atom. The molecule has 2 aromatic rings. The van der Waals surface area contributed by atoms with Crippen LogP contribution < -0.4 is 0 Å². The highest BCUT2D eigenvalue weighted by Gasteiger charge is 2.33. The van der Waals surface area contributed by atoms with Crippen molar-refractivity contribution in [2.24, 2.45) is 10.8 Å². The average Bonchev–Trinajstić information content (AvgIpc) is 2.57. The standard InChI is InChI=1S/C28H42O3S/c1-25(2,3)17-27(7,8)19-11-13-21(29)23(15-19)32(31)24-16-20(12-14-22(24)30)28(9,10)18-26(4,5)6/h11-16,29-30H,17-18H2,1-10H3. The van der Waals surface area contributed by atoms with E-state index in [0.29, 0.717) is 9.79 Å². The molecule has 4 heteroatoms. The summed E-state index contributed by atoms with van der Waals surface area (Å²) in [5.41, 5.74) is 2.01. The zero-order chi connectivity index (χ0) is 24.7. The molecule has 0 spiro atoms. The Hall–Kier alpha value is -1.65. The summed E-state index contributed by atoms with van der Waals surface area (Å²) >= 11 is -1.71. The fourth-order valence-electron chi connectivity index (χ4n) is 5.14. The Bertz CT molecular complexity index is 869. The van der Waals surface area contributed by atoms with Crippen LogP contribution >= 0.6 is 0 Å². The van der Waals surface area contributed by atoms with Crippen LogP contribution in [0.25, 0.3) is 0 Å². The molecule has 0 saturated heterocycles. The molecule has 0 saturated carbocycles. The van der Waals surface area contributed by atoms with E-state index in [1.165, 1.54) is 0 Å². The molecule has 32 heavy (non-hydrogen) atoms. The van der Waals surface area contributed by atoms with Crippen molar-refractivity contribution >= 4 is 11.2 Å². The van der Waals surface area contributed by atoms with Gasteiger partial charge in [0.1, 0.15) is 0 Å². The molecular formula is C28H42O3S. The number of hydrogen-bond donors (Lipinski definition) is 2. The van der Waals surface area contributed by atoms with Gasteiger partial charge < -0.3 is 14.8 Å². The molecule has 0 amide bonds. The highest BCUT2D eigenvalue weighted by Crippen LogP contribution is 2.42. The van der Waals surface area contributed by atoms with E-state index in [4.69, 9.17) is 0 Å². The molecule has 2 rings (SSSR count). The summed E-state index contributed by atoms with van der Waals surface area (Å²) in [6, 6.07) is 10.7. The molecule has 0 atom stereocenters. The van der Waals surface area contributed by atoms with Crippen LogP contribution in [-0.4, -0.2) is 14.8 Å². The first-order valence-corrected chi connectivity index (χ1v) is 12.6. The predicted octanol–water partition coefficient (Wildman–Crippen LogP) is 7.69. The van der Waals surface area contributed by atoms with Crippen molar-refractivity contribution in [2.45, 2.75) is 103 Å². The molecule has 0 aliphatic heterocycles. The number of rotatable bonds is 6. The second-order valence-electron chi connectivity index (χ2n) is 12.9. The van der Waals surface area contributed by atoms with Crippen molar-refractivity contribution in [3.8, 4) is 11.5 Å². The van der Waals surface area contributed by atoms with Gasteiger partial charge >= 0.3 is 0 Å². The topological polar surface area (TPSA) is 63.5 Å². The van der Waals surface area contributed by atoms with E-state index in [0.717, 1.165) is 24.0 Å². The molecule has 0 aromatic heterocycles. The molecule has 0 aliphatic rings. The van der Waals surface area contributed by atoms with Crippen LogP contribution in [0.15, 0.2) is 46.2 Å². The van der Waals surface area contributed by atoms with Crippen LogP contribution in [0.4, 0.5) is 0 Å². The van der Waals surface area contributed by atoms with Crippen LogP contribution in [0.5, 0.6) is 11.5 Å². The van der Waals surface area contributed by atoms with Gasteiger partial charge in [0, 0.05) is 23.3 Å². The molecular weight excluding hydrogens is 416 g/mol. The third kappa shape index (κ3) is 6.68. The Labute approximate surface area is 198 Å². The molecule has 178 valence electrons. The SMILES string of the molecule is CC(C)(C)CC(C)(C)c1ccc(O)c([S+]([O-])c2cc(C(C)(C)CC(C)(C)C)ccc2O)c1. The molecule has 3 nitrogen and oxygen atoms in total. The summed E-state index contributed by atoms with van der Waals surface area (Å²) in [6.07, 6.45) is 1.89. The minimum atomic E-state index is -1.71. The van der Waals surface area contributed by atoms with Crippen LogP contribution in [0.1, 0.15) is 93.2 Å². The van der Waals surface area contributed by atoms with Crippen molar-refractivity contribution in [3.63, 3.8) is 0 Å². The quantitative estimate of drug-likeness (QED) is 0.436. The third-order valence-corrected chi connectivity index (χ3v) is 7.28. The number of aromatic hydroxyl groups is 2. The monoisotopic (exact) mass is 458 g/mol. The predicted molar refractivity (Wildman–Crippen MR) is 135 cm³/mol. The lowest BCUT2D eigenvalue weighted by molar-refractivity contribution is 0.283. The van der Waals surface area contributed by atoms with Gasteiger partial charge in [0.25, 0.3) is 0 Å². The van der Waals surface area contributed by atoms with Crippen LogP contribution in [-0.2, 0) is 22.0 Å². The van der Waals surface area contributed by atoms with Crippen LogP contribution in [0, 0.1) is 10.8 Å². The minimum absolute atomic E-state index is 0.0163. The summed E-state index contributed by atoms with van der Waals surface area (Å²) in [5, 5.41) is 21.1. The van der Waals surface area contributed by atoms with E-state index in [9.17, 15) is 14.8 Å². The number of hydrogen-bond acceptors (Lipinski definition) is 3. The van der Waals surface area contributed by atoms with Gasteiger partial charge in [-0.15, -0.1) is 0 Å². The second-order valence-corrected chi connectivity index (χ2v) is 14.3. The Morgan fingerprint density at radius 2 is 0.938 bits per heavy atom. The van der Waals surface area contributed by atoms with Gasteiger partial charge in [-0.2, -0.15) is 0 Å². The van der Waals surface area contributed by atoms with Gasteiger partial charge in [0.05, 0.1) is 0 Å².